The van der Waals surface area contributed by atoms with Crippen molar-refractivity contribution in [1.29, 1.82) is 0 Å². The van der Waals surface area contributed by atoms with E-state index in [9.17, 15) is 4.79 Å². The van der Waals surface area contributed by atoms with Gasteiger partial charge in [-0.1, -0.05) is 24.3 Å². The van der Waals surface area contributed by atoms with Crippen molar-refractivity contribution >= 4 is 11.6 Å². The standard InChI is InChI=1S/C18H22N2O3/c1-22-16-8-7-13(11-17(16)23-2)9-10-20-18(21)12-14-5-3-4-6-15(14)19/h3-8,11H,9-10,12,19H2,1-2H3,(H,20,21). The van der Waals surface area contributed by atoms with Crippen LogP contribution in [-0.2, 0) is 17.6 Å². The molecule has 0 aliphatic heterocycles. The molecule has 23 heavy (non-hydrogen) atoms. The van der Waals surface area contributed by atoms with E-state index < -0.39 is 0 Å². The fourth-order valence-corrected chi connectivity index (χ4v) is 2.31. The minimum atomic E-state index is -0.0385. The SMILES string of the molecule is COc1ccc(CCNC(=O)Cc2ccccc2N)cc1OC. The summed E-state index contributed by atoms with van der Waals surface area (Å²) in [5, 5.41) is 2.91. The summed E-state index contributed by atoms with van der Waals surface area (Å²) in [5.74, 6) is 1.34. The van der Waals surface area contributed by atoms with Crippen LogP contribution in [0.25, 0.3) is 0 Å². The van der Waals surface area contributed by atoms with E-state index in [2.05, 4.69) is 5.32 Å². The number of ether oxygens (including phenoxy) is 2. The van der Waals surface area contributed by atoms with Crippen molar-refractivity contribution in [2.24, 2.45) is 0 Å². The minimum Gasteiger partial charge on any atom is -0.493 e. The van der Waals surface area contributed by atoms with E-state index in [1.54, 1.807) is 20.3 Å². The van der Waals surface area contributed by atoms with Crippen molar-refractivity contribution in [3.05, 3.63) is 53.6 Å². The molecule has 0 aliphatic rings. The summed E-state index contributed by atoms with van der Waals surface area (Å²) in [6, 6.07) is 13.1. The molecule has 0 unspecified atom stereocenters. The highest BCUT2D eigenvalue weighted by molar-refractivity contribution is 5.80. The van der Waals surface area contributed by atoms with Gasteiger partial charge in [-0.3, -0.25) is 4.79 Å². The normalized spacial score (nSPS) is 10.2. The van der Waals surface area contributed by atoms with E-state index in [1.807, 2.05) is 36.4 Å². The average molecular weight is 314 g/mol. The van der Waals surface area contributed by atoms with Gasteiger partial charge in [-0.2, -0.15) is 0 Å². The highest BCUT2D eigenvalue weighted by Gasteiger charge is 2.07. The van der Waals surface area contributed by atoms with Gasteiger partial charge in [0.05, 0.1) is 20.6 Å². The van der Waals surface area contributed by atoms with Gasteiger partial charge in [0.25, 0.3) is 0 Å². The number of hydrogen-bond donors (Lipinski definition) is 2. The van der Waals surface area contributed by atoms with E-state index >= 15 is 0 Å². The maximum absolute atomic E-state index is 12.0. The summed E-state index contributed by atoms with van der Waals surface area (Å²) < 4.78 is 10.5. The largest absolute Gasteiger partial charge is 0.493 e. The van der Waals surface area contributed by atoms with Crippen LogP contribution in [0.2, 0.25) is 0 Å². The molecule has 0 heterocycles. The molecule has 5 nitrogen and oxygen atoms in total. The molecular weight excluding hydrogens is 292 g/mol. The first kappa shape index (κ1) is 16.7. The van der Waals surface area contributed by atoms with E-state index in [1.165, 1.54) is 0 Å². The lowest BCUT2D eigenvalue weighted by Crippen LogP contribution is -2.27. The minimum absolute atomic E-state index is 0.0385. The number of para-hydroxylation sites is 1. The summed E-state index contributed by atoms with van der Waals surface area (Å²) in [6.45, 7) is 0.557. The first-order valence-electron chi connectivity index (χ1n) is 7.45. The molecule has 0 fully saturated rings. The van der Waals surface area contributed by atoms with Crippen LogP contribution < -0.4 is 20.5 Å². The topological polar surface area (TPSA) is 73.6 Å². The molecule has 5 heteroatoms. The maximum atomic E-state index is 12.0. The number of carbonyl (C=O) groups is 1. The highest BCUT2D eigenvalue weighted by Crippen LogP contribution is 2.27. The highest BCUT2D eigenvalue weighted by atomic mass is 16.5. The van der Waals surface area contributed by atoms with Crippen LogP contribution in [0.15, 0.2) is 42.5 Å². The molecule has 0 atom stereocenters. The van der Waals surface area contributed by atoms with Crippen LogP contribution in [0, 0.1) is 0 Å². The third-order valence-corrected chi connectivity index (χ3v) is 3.59. The Labute approximate surface area is 136 Å². The number of nitrogens with one attached hydrogen (secondary N) is 1. The van der Waals surface area contributed by atoms with Gasteiger partial charge in [0.2, 0.25) is 5.91 Å². The molecule has 2 rings (SSSR count). The second kappa shape index (κ2) is 8.08. The zero-order chi connectivity index (χ0) is 16.7. The zero-order valence-corrected chi connectivity index (χ0v) is 13.5. The molecule has 0 aromatic heterocycles. The predicted molar refractivity (Wildman–Crippen MR) is 90.8 cm³/mol. The number of amides is 1. The molecular formula is C18H22N2O3. The van der Waals surface area contributed by atoms with Crippen molar-refractivity contribution in [3.8, 4) is 11.5 Å². The molecule has 0 bridgehead atoms. The molecule has 0 aliphatic carbocycles. The molecule has 0 spiro atoms. The monoisotopic (exact) mass is 314 g/mol. The predicted octanol–water partition coefficient (Wildman–Crippen LogP) is 2.19. The number of rotatable bonds is 7. The fourth-order valence-electron chi connectivity index (χ4n) is 2.31. The van der Waals surface area contributed by atoms with Crippen molar-refractivity contribution in [2.75, 3.05) is 26.5 Å². The van der Waals surface area contributed by atoms with Gasteiger partial charge in [0.1, 0.15) is 0 Å². The molecule has 2 aromatic carbocycles. The Morgan fingerprint density at radius 2 is 1.83 bits per heavy atom. The Morgan fingerprint density at radius 3 is 2.52 bits per heavy atom. The van der Waals surface area contributed by atoms with Gasteiger partial charge in [-0.25, -0.2) is 0 Å². The van der Waals surface area contributed by atoms with Crippen molar-refractivity contribution in [2.45, 2.75) is 12.8 Å². The van der Waals surface area contributed by atoms with Crippen LogP contribution in [0.1, 0.15) is 11.1 Å². The molecule has 1 amide bonds. The average Bonchev–Trinajstić information content (AvgIpc) is 2.56. The summed E-state index contributed by atoms with van der Waals surface area (Å²) >= 11 is 0. The molecule has 0 radical (unpaired) electrons. The Kier molecular flexibility index (Phi) is 5.86. The number of carbonyl (C=O) groups excluding carboxylic acids is 1. The second-order valence-electron chi connectivity index (χ2n) is 5.16. The van der Waals surface area contributed by atoms with E-state index in [0.29, 0.717) is 30.2 Å². The van der Waals surface area contributed by atoms with E-state index in [-0.39, 0.29) is 5.91 Å². The van der Waals surface area contributed by atoms with Crippen LogP contribution in [0.4, 0.5) is 5.69 Å². The molecule has 0 saturated heterocycles. The smallest absolute Gasteiger partial charge is 0.224 e. The summed E-state index contributed by atoms with van der Waals surface area (Å²) in [7, 11) is 3.21. The maximum Gasteiger partial charge on any atom is 0.224 e. The van der Waals surface area contributed by atoms with Crippen molar-refractivity contribution in [1.82, 2.24) is 5.32 Å². The van der Waals surface area contributed by atoms with Crippen LogP contribution in [-0.4, -0.2) is 26.7 Å². The van der Waals surface area contributed by atoms with Gasteiger partial charge in [0.15, 0.2) is 11.5 Å². The summed E-state index contributed by atoms with van der Waals surface area (Å²) in [4.78, 5) is 12.0. The Balaban J connectivity index is 1.85. The Hall–Kier alpha value is -2.69. The van der Waals surface area contributed by atoms with Gasteiger partial charge >= 0.3 is 0 Å². The first-order valence-corrected chi connectivity index (χ1v) is 7.45. The summed E-state index contributed by atoms with van der Waals surface area (Å²) in [6.07, 6.45) is 1.01. The van der Waals surface area contributed by atoms with E-state index in [0.717, 1.165) is 17.5 Å². The molecule has 3 N–H and O–H groups in total. The molecule has 2 aromatic rings. The zero-order valence-electron chi connectivity index (χ0n) is 13.5. The van der Waals surface area contributed by atoms with Gasteiger partial charge < -0.3 is 20.5 Å². The van der Waals surface area contributed by atoms with Gasteiger partial charge in [-0.15, -0.1) is 0 Å². The third kappa shape index (κ3) is 4.64. The van der Waals surface area contributed by atoms with Gasteiger partial charge in [0, 0.05) is 12.2 Å². The lowest BCUT2D eigenvalue weighted by atomic mass is 10.1. The third-order valence-electron chi connectivity index (χ3n) is 3.59. The lowest BCUT2D eigenvalue weighted by Gasteiger charge is -2.10. The number of methoxy groups -OCH3 is 2. The lowest BCUT2D eigenvalue weighted by molar-refractivity contribution is -0.120. The van der Waals surface area contributed by atoms with E-state index in [4.69, 9.17) is 15.2 Å². The number of anilines is 1. The van der Waals surface area contributed by atoms with Gasteiger partial charge in [-0.05, 0) is 35.7 Å². The number of nitrogens with two attached hydrogens (primary N) is 1. The van der Waals surface area contributed by atoms with Crippen LogP contribution >= 0.6 is 0 Å². The number of hydrogen-bond acceptors (Lipinski definition) is 4. The Bertz CT molecular complexity index is 671. The van der Waals surface area contributed by atoms with Crippen molar-refractivity contribution in [3.63, 3.8) is 0 Å². The molecule has 122 valence electrons. The summed E-state index contributed by atoms with van der Waals surface area (Å²) in [5.41, 5.74) is 8.40. The Morgan fingerprint density at radius 1 is 1.09 bits per heavy atom. The van der Waals surface area contributed by atoms with Crippen LogP contribution in [0.5, 0.6) is 11.5 Å². The second-order valence-corrected chi connectivity index (χ2v) is 5.16. The quantitative estimate of drug-likeness (QED) is 0.768. The first-order chi connectivity index (χ1) is 11.1. The fraction of sp³-hybridized carbons (Fsp3) is 0.278. The van der Waals surface area contributed by atoms with Crippen molar-refractivity contribution < 1.29 is 14.3 Å². The van der Waals surface area contributed by atoms with Crippen LogP contribution in [0.3, 0.4) is 0 Å². The number of nitrogen functional groups attached to an aromatic ring is 1. The number of benzene rings is 2. The molecule has 0 saturated carbocycles.